The molecular formula is C11H12Cl2F3N3O. The van der Waals surface area contributed by atoms with Crippen LogP contribution in [0, 0.1) is 0 Å². The summed E-state index contributed by atoms with van der Waals surface area (Å²) in [5, 5.41) is 2.58. The molecule has 0 heterocycles. The number of hydrogen-bond donors (Lipinski definition) is 2. The first-order valence-electron chi connectivity index (χ1n) is 5.38. The molecule has 1 aromatic carbocycles. The number of nitrogens with two attached hydrogens (primary N) is 1. The average Bonchev–Trinajstić information content (AvgIpc) is 2.20. The maximum Gasteiger partial charge on any atom is 0.401 e. The van der Waals surface area contributed by atoms with Gasteiger partial charge in [-0.05, 0) is 19.2 Å². The molecule has 3 N–H and O–H groups in total. The Morgan fingerprint density at radius 1 is 1.35 bits per heavy atom. The fourth-order valence-electron chi connectivity index (χ4n) is 1.50. The van der Waals surface area contributed by atoms with E-state index in [9.17, 15) is 18.0 Å². The van der Waals surface area contributed by atoms with Gasteiger partial charge in [-0.2, -0.15) is 13.2 Å². The maximum atomic E-state index is 12.1. The van der Waals surface area contributed by atoms with Gasteiger partial charge in [0.2, 0.25) is 5.91 Å². The van der Waals surface area contributed by atoms with Crippen molar-refractivity contribution in [3.63, 3.8) is 0 Å². The summed E-state index contributed by atoms with van der Waals surface area (Å²) < 4.78 is 36.4. The van der Waals surface area contributed by atoms with Gasteiger partial charge in [-0.3, -0.25) is 9.69 Å². The number of rotatable bonds is 4. The predicted molar refractivity (Wildman–Crippen MR) is 73.1 cm³/mol. The molecule has 0 fully saturated rings. The fraction of sp³-hybridized carbons (Fsp3) is 0.364. The maximum absolute atomic E-state index is 12.1. The summed E-state index contributed by atoms with van der Waals surface area (Å²) in [4.78, 5) is 12.5. The minimum Gasteiger partial charge on any atom is -0.399 e. The van der Waals surface area contributed by atoms with Crippen LogP contribution in [0.25, 0.3) is 0 Å². The summed E-state index contributed by atoms with van der Waals surface area (Å²) >= 11 is 11.7. The molecule has 0 saturated heterocycles. The molecular weight excluding hydrogens is 318 g/mol. The van der Waals surface area contributed by atoms with E-state index in [0.717, 1.165) is 4.90 Å². The Labute approximate surface area is 123 Å². The van der Waals surface area contributed by atoms with Gasteiger partial charge in [0.05, 0.1) is 28.8 Å². The Kier molecular flexibility index (Phi) is 5.50. The number of anilines is 2. The molecule has 0 atom stereocenters. The molecule has 0 radical (unpaired) electrons. The minimum absolute atomic E-state index is 0.113. The van der Waals surface area contributed by atoms with Crippen LogP contribution in [-0.2, 0) is 4.79 Å². The van der Waals surface area contributed by atoms with Crippen molar-refractivity contribution < 1.29 is 18.0 Å². The van der Waals surface area contributed by atoms with Gasteiger partial charge in [0.25, 0.3) is 0 Å². The molecule has 1 amide bonds. The Balaban J connectivity index is 2.68. The molecule has 0 aliphatic heterocycles. The highest BCUT2D eigenvalue weighted by Gasteiger charge is 2.29. The molecule has 1 aromatic rings. The SMILES string of the molecule is CN(CC(=O)Nc1c(Cl)cc(N)cc1Cl)CC(F)(F)F. The van der Waals surface area contributed by atoms with Crippen LogP contribution in [0.5, 0.6) is 0 Å². The molecule has 4 nitrogen and oxygen atoms in total. The van der Waals surface area contributed by atoms with Gasteiger partial charge in [0.1, 0.15) is 0 Å². The lowest BCUT2D eigenvalue weighted by molar-refractivity contribution is -0.145. The van der Waals surface area contributed by atoms with Crippen molar-refractivity contribution in [3.05, 3.63) is 22.2 Å². The van der Waals surface area contributed by atoms with Crippen molar-refractivity contribution in [2.45, 2.75) is 6.18 Å². The standard InChI is InChI=1S/C11H12Cl2F3N3O/c1-19(5-11(14,15)16)4-9(20)18-10-7(12)2-6(17)3-8(10)13/h2-3H,4-5,17H2,1H3,(H,18,20). The summed E-state index contributed by atoms with van der Waals surface area (Å²) in [6.45, 7) is -1.64. The first kappa shape index (κ1) is 16.9. The van der Waals surface area contributed by atoms with Crippen LogP contribution >= 0.6 is 23.2 Å². The molecule has 0 aliphatic rings. The first-order valence-corrected chi connectivity index (χ1v) is 6.14. The van der Waals surface area contributed by atoms with E-state index in [1.807, 2.05) is 0 Å². The number of carbonyl (C=O) groups excluding carboxylic acids is 1. The molecule has 1 rings (SSSR count). The lowest BCUT2D eigenvalue weighted by Crippen LogP contribution is -2.36. The second-order valence-corrected chi connectivity index (χ2v) is 5.01. The second-order valence-electron chi connectivity index (χ2n) is 4.20. The Morgan fingerprint density at radius 3 is 2.30 bits per heavy atom. The molecule has 0 saturated carbocycles. The van der Waals surface area contributed by atoms with Gasteiger partial charge in [0, 0.05) is 5.69 Å². The van der Waals surface area contributed by atoms with Crippen molar-refractivity contribution in [2.24, 2.45) is 0 Å². The van der Waals surface area contributed by atoms with E-state index in [1.165, 1.54) is 19.2 Å². The second kappa shape index (κ2) is 6.51. The number of alkyl halides is 3. The van der Waals surface area contributed by atoms with Crippen LogP contribution < -0.4 is 11.1 Å². The monoisotopic (exact) mass is 329 g/mol. The third-order valence-corrected chi connectivity index (χ3v) is 2.79. The lowest BCUT2D eigenvalue weighted by Gasteiger charge is -2.18. The molecule has 20 heavy (non-hydrogen) atoms. The number of nitrogens with one attached hydrogen (secondary N) is 1. The van der Waals surface area contributed by atoms with E-state index < -0.39 is 25.2 Å². The largest absolute Gasteiger partial charge is 0.401 e. The van der Waals surface area contributed by atoms with Gasteiger partial charge in [-0.1, -0.05) is 23.2 Å². The van der Waals surface area contributed by atoms with E-state index in [0.29, 0.717) is 5.69 Å². The minimum atomic E-state index is -4.37. The third kappa shape index (κ3) is 5.44. The van der Waals surface area contributed by atoms with E-state index >= 15 is 0 Å². The van der Waals surface area contributed by atoms with Crippen LogP contribution in [0.2, 0.25) is 10.0 Å². The highest BCUT2D eigenvalue weighted by molar-refractivity contribution is 6.40. The van der Waals surface area contributed by atoms with Crippen molar-refractivity contribution in [1.82, 2.24) is 4.90 Å². The van der Waals surface area contributed by atoms with Gasteiger partial charge < -0.3 is 11.1 Å². The van der Waals surface area contributed by atoms with Crippen molar-refractivity contribution in [3.8, 4) is 0 Å². The summed E-state index contributed by atoms with van der Waals surface area (Å²) in [7, 11) is 1.18. The number of likely N-dealkylation sites (N-methyl/N-ethyl adjacent to an activating group) is 1. The van der Waals surface area contributed by atoms with E-state index in [4.69, 9.17) is 28.9 Å². The summed E-state index contributed by atoms with van der Waals surface area (Å²) in [5.41, 5.74) is 5.93. The van der Waals surface area contributed by atoms with Crippen LogP contribution in [0.15, 0.2) is 12.1 Å². The number of benzene rings is 1. The smallest absolute Gasteiger partial charge is 0.399 e. The lowest BCUT2D eigenvalue weighted by atomic mass is 10.2. The van der Waals surface area contributed by atoms with E-state index in [1.54, 1.807) is 0 Å². The molecule has 0 aromatic heterocycles. The number of carbonyl (C=O) groups is 1. The first-order chi connectivity index (χ1) is 9.08. The summed E-state index contributed by atoms with van der Waals surface area (Å²) in [5.74, 6) is -0.662. The zero-order valence-corrected chi connectivity index (χ0v) is 11.9. The van der Waals surface area contributed by atoms with E-state index in [2.05, 4.69) is 5.32 Å². The molecule has 9 heteroatoms. The average molecular weight is 330 g/mol. The highest BCUT2D eigenvalue weighted by atomic mass is 35.5. The third-order valence-electron chi connectivity index (χ3n) is 2.19. The number of nitrogens with zero attached hydrogens (tertiary/aromatic N) is 1. The number of amides is 1. The zero-order chi connectivity index (χ0) is 15.5. The molecule has 0 aliphatic carbocycles. The number of hydrogen-bond acceptors (Lipinski definition) is 3. The Hall–Kier alpha value is -1.18. The predicted octanol–water partition coefficient (Wildman–Crippen LogP) is 3.01. The number of halogens is 5. The van der Waals surface area contributed by atoms with Gasteiger partial charge in [0.15, 0.2) is 0 Å². The number of nitrogen functional groups attached to an aromatic ring is 1. The Morgan fingerprint density at radius 2 is 1.85 bits per heavy atom. The van der Waals surface area contributed by atoms with Crippen molar-refractivity contribution in [1.29, 1.82) is 0 Å². The molecule has 0 bridgehead atoms. The van der Waals surface area contributed by atoms with Crippen molar-refractivity contribution >= 4 is 40.5 Å². The van der Waals surface area contributed by atoms with Gasteiger partial charge in [-0.25, -0.2) is 0 Å². The highest BCUT2D eigenvalue weighted by Crippen LogP contribution is 2.32. The van der Waals surface area contributed by atoms with Crippen LogP contribution in [-0.4, -0.2) is 37.1 Å². The fourth-order valence-corrected chi connectivity index (χ4v) is 2.10. The topological polar surface area (TPSA) is 58.4 Å². The summed E-state index contributed by atoms with van der Waals surface area (Å²) in [6.07, 6.45) is -4.37. The van der Waals surface area contributed by atoms with Crippen LogP contribution in [0.4, 0.5) is 24.5 Å². The van der Waals surface area contributed by atoms with Crippen molar-refractivity contribution in [2.75, 3.05) is 31.2 Å². The molecule has 0 spiro atoms. The zero-order valence-electron chi connectivity index (χ0n) is 10.4. The van der Waals surface area contributed by atoms with Gasteiger partial charge in [-0.15, -0.1) is 0 Å². The molecule has 0 unspecified atom stereocenters. The summed E-state index contributed by atoms with van der Waals surface area (Å²) in [6, 6.07) is 2.75. The normalized spacial score (nSPS) is 11.8. The molecule has 112 valence electrons. The van der Waals surface area contributed by atoms with Gasteiger partial charge >= 0.3 is 6.18 Å². The quantitative estimate of drug-likeness (QED) is 0.835. The van der Waals surface area contributed by atoms with Crippen LogP contribution in [0.3, 0.4) is 0 Å². The Bertz CT molecular complexity index is 485. The van der Waals surface area contributed by atoms with E-state index in [-0.39, 0.29) is 15.7 Å². The van der Waals surface area contributed by atoms with Crippen LogP contribution in [0.1, 0.15) is 0 Å².